The van der Waals surface area contributed by atoms with Crippen LogP contribution in [0.25, 0.3) is 10.9 Å². The van der Waals surface area contributed by atoms with Gasteiger partial charge in [0.25, 0.3) is 5.91 Å². The van der Waals surface area contributed by atoms with E-state index in [1.807, 2.05) is 25.1 Å². The molecule has 1 amide bonds. The van der Waals surface area contributed by atoms with Crippen molar-refractivity contribution in [2.45, 2.75) is 25.5 Å². The fourth-order valence-corrected chi connectivity index (χ4v) is 3.03. The number of benzene rings is 1. The van der Waals surface area contributed by atoms with Crippen molar-refractivity contribution in [3.05, 3.63) is 36.0 Å². The monoisotopic (exact) mass is 344 g/mol. The van der Waals surface area contributed by atoms with Gasteiger partial charge in [-0.15, -0.1) is 0 Å². The summed E-state index contributed by atoms with van der Waals surface area (Å²) in [6.45, 7) is 1.84. The summed E-state index contributed by atoms with van der Waals surface area (Å²) >= 11 is 0. The minimum absolute atomic E-state index is 0.0955. The van der Waals surface area contributed by atoms with Crippen LogP contribution in [-0.2, 0) is 14.3 Å². The molecule has 0 radical (unpaired) electrons. The van der Waals surface area contributed by atoms with E-state index in [1.54, 1.807) is 12.3 Å². The Balaban J connectivity index is 1.73. The predicted octanol–water partition coefficient (Wildman–Crippen LogP) is 1.06. The average Bonchev–Trinajstić information content (AvgIpc) is 3.00. The van der Waals surface area contributed by atoms with E-state index in [2.05, 4.69) is 4.98 Å². The number of rotatable bonds is 4. The number of carbonyl (C=O) groups is 2. The Bertz CT molecular complexity index is 807. The molecule has 0 spiro atoms. The molecule has 1 aliphatic rings. The molecule has 0 saturated carbocycles. The number of amides is 1. The number of likely N-dealkylation sites (tertiary alicyclic amines) is 1. The summed E-state index contributed by atoms with van der Waals surface area (Å²) in [5.41, 5.74) is 1.87. The van der Waals surface area contributed by atoms with Crippen molar-refractivity contribution in [3.63, 3.8) is 0 Å². The molecule has 132 valence electrons. The second kappa shape index (κ2) is 7.06. The minimum Gasteiger partial charge on any atom is -0.483 e. The first kappa shape index (κ1) is 17.2. The van der Waals surface area contributed by atoms with Crippen molar-refractivity contribution < 1.29 is 24.2 Å². The van der Waals surface area contributed by atoms with Gasteiger partial charge in [-0.05, 0) is 30.7 Å². The zero-order chi connectivity index (χ0) is 18.0. The lowest BCUT2D eigenvalue weighted by Crippen LogP contribution is -2.43. The molecule has 1 N–H and O–H groups in total. The molecular weight excluding hydrogens is 324 g/mol. The number of aryl methyl sites for hydroxylation is 1. The lowest BCUT2D eigenvalue weighted by Gasteiger charge is -2.22. The van der Waals surface area contributed by atoms with Crippen LogP contribution >= 0.6 is 0 Å². The smallest absolute Gasteiger partial charge is 0.328 e. The van der Waals surface area contributed by atoms with Crippen LogP contribution in [0.5, 0.6) is 5.75 Å². The lowest BCUT2D eigenvalue weighted by atomic mass is 10.1. The fourth-order valence-electron chi connectivity index (χ4n) is 3.03. The van der Waals surface area contributed by atoms with E-state index < -0.39 is 18.1 Å². The molecule has 2 atom stereocenters. The van der Waals surface area contributed by atoms with Gasteiger partial charge in [0, 0.05) is 24.5 Å². The molecule has 1 saturated heterocycles. The number of fused-ring (bicyclic) bond motifs is 1. The minimum atomic E-state index is -0.770. The summed E-state index contributed by atoms with van der Waals surface area (Å²) in [5, 5.41) is 10.6. The van der Waals surface area contributed by atoms with Gasteiger partial charge >= 0.3 is 5.97 Å². The van der Waals surface area contributed by atoms with Crippen LogP contribution in [0.3, 0.4) is 0 Å². The van der Waals surface area contributed by atoms with Crippen LogP contribution < -0.4 is 4.74 Å². The van der Waals surface area contributed by atoms with Gasteiger partial charge in [0.1, 0.15) is 11.8 Å². The number of aromatic nitrogens is 1. The fraction of sp³-hybridized carbons (Fsp3) is 0.389. The normalized spacial score (nSPS) is 19.9. The van der Waals surface area contributed by atoms with Crippen LogP contribution in [0.4, 0.5) is 0 Å². The summed E-state index contributed by atoms with van der Waals surface area (Å²) < 4.78 is 10.4. The van der Waals surface area contributed by atoms with Crippen LogP contribution in [0.15, 0.2) is 30.5 Å². The largest absolute Gasteiger partial charge is 0.483 e. The van der Waals surface area contributed by atoms with Crippen molar-refractivity contribution >= 4 is 22.8 Å². The molecule has 1 aliphatic heterocycles. The molecule has 1 aromatic carbocycles. The van der Waals surface area contributed by atoms with E-state index in [-0.39, 0.29) is 25.5 Å². The number of methoxy groups -OCH3 is 1. The third kappa shape index (κ3) is 3.56. The highest BCUT2D eigenvalue weighted by atomic mass is 16.5. The summed E-state index contributed by atoms with van der Waals surface area (Å²) in [7, 11) is 1.26. The van der Waals surface area contributed by atoms with E-state index in [0.717, 1.165) is 16.5 Å². The van der Waals surface area contributed by atoms with E-state index in [1.165, 1.54) is 12.0 Å². The molecule has 3 rings (SSSR count). The van der Waals surface area contributed by atoms with E-state index >= 15 is 0 Å². The first-order chi connectivity index (χ1) is 12.0. The molecule has 7 nitrogen and oxygen atoms in total. The Morgan fingerprint density at radius 1 is 1.36 bits per heavy atom. The molecule has 2 aromatic rings. The first-order valence-corrected chi connectivity index (χ1v) is 8.03. The van der Waals surface area contributed by atoms with Gasteiger partial charge in [-0.2, -0.15) is 0 Å². The summed E-state index contributed by atoms with van der Waals surface area (Å²) in [6, 6.07) is 6.71. The average molecular weight is 344 g/mol. The lowest BCUT2D eigenvalue weighted by molar-refractivity contribution is -0.151. The summed E-state index contributed by atoms with van der Waals surface area (Å²) in [6.07, 6.45) is 1.06. The summed E-state index contributed by atoms with van der Waals surface area (Å²) in [5.74, 6) is -0.355. The van der Waals surface area contributed by atoms with Gasteiger partial charge in [0.2, 0.25) is 0 Å². The molecule has 1 aromatic heterocycles. The summed E-state index contributed by atoms with van der Waals surface area (Å²) in [4.78, 5) is 29.8. The maximum atomic E-state index is 12.5. The Kier molecular flexibility index (Phi) is 4.85. The van der Waals surface area contributed by atoms with Crippen LogP contribution in [0.2, 0.25) is 0 Å². The first-order valence-electron chi connectivity index (χ1n) is 8.03. The standard InChI is InChI=1S/C18H20N2O5/c1-11-3-4-13-14(7-11)19-6-5-16(13)25-10-17(22)20-9-12(21)8-15(20)18(23)24-2/h3-7,12,15,21H,8-10H2,1-2H3. The van der Waals surface area contributed by atoms with Crippen molar-refractivity contribution in [3.8, 4) is 5.75 Å². The highest BCUT2D eigenvalue weighted by molar-refractivity contribution is 5.88. The van der Waals surface area contributed by atoms with Gasteiger partial charge in [-0.1, -0.05) is 6.07 Å². The number of pyridine rings is 1. The zero-order valence-electron chi connectivity index (χ0n) is 14.1. The van der Waals surface area contributed by atoms with Crippen molar-refractivity contribution in [1.29, 1.82) is 0 Å². The Morgan fingerprint density at radius 2 is 2.16 bits per heavy atom. The van der Waals surface area contributed by atoms with Gasteiger partial charge in [-0.3, -0.25) is 9.78 Å². The van der Waals surface area contributed by atoms with E-state index in [9.17, 15) is 14.7 Å². The van der Waals surface area contributed by atoms with Crippen LogP contribution in [0, 0.1) is 6.92 Å². The van der Waals surface area contributed by atoms with E-state index in [0.29, 0.717) is 5.75 Å². The SMILES string of the molecule is COC(=O)C1CC(O)CN1C(=O)COc1ccnc2cc(C)ccc12. The number of carbonyl (C=O) groups excluding carboxylic acids is 2. The number of aliphatic hydroxyl groups is 1. The Labute approximate surface area is 145 Å². The third-order valence-corrected chi connectivity index (χ3v) is 4.28. The number of β-amino-alcohol motifs (C(OH)–C–C–N with tert-alkyl or cyclic N) is 1. The third-order valence-electron chi connectivity index (χ3n) is 4.28. The maximum absolute atomic E-state index is 12.5. The molecule has 2 unspecified atom stereocenters. The number of ether oxygens (including phenoxy) is 2. The van der Waals surface area contributed by atoms with Gasteiger partial charge in [-0.25, -0.2) is 4.79 Å². The Hall–Kier alpha value is -2.67. The van der Waals surface area contributed by atoms with Crippen molar-refractivity contribution in [1.82, 2.24) is 9.88 Å². The number of hydrogen-bond acceptors (Lipinski definition) is 6. The highest BCUT2D eigenvalue weighted by Gasteiger charge is 2.39. The van der Waals surface area contributed by atoms with Crippen LogP contribution in [-0.4, -0.2) is 59.3 Å². The molecular formula is C18H20N2O5. The van der Waals surface area contributed by atoms with E-state index in [4.69, 9.17) is 9.47 Å². The number of hydrogen-bond donors (Lipinski definition) is 1. The zero-order valence-corrected chi connectivity index (χ0v) is 14.1. The number of aliphatic hydroxyl groups excluding tert-OH is 1. The molecule has 1 fully saturated rings. The van der Waals surface area contributed by atoms with Crippen LogP contribution in [0.1, 0.15) is 12.0 Å². The van der Waals surface area contributed by atoms with Crippen molar-refractivity contribution in [2.75, 3.05) is 20.3 Å². The van der Waals surface area contributed by atoms with Gasteiger partial charge < -0.3 is 19.5 Å². The second-order valence-electron chi connectivity index (χ2n) is 6.09. The highest BCUT2D eigenvalue weighted by Crippen LogP contribution is 2.25. The Morgan fingerprint density at radius 3 is 2.92 bits per heavy atom. The quantitative estimate of drug-likeness (QED) is 0.834. The molecule has 2 heterocycles. The van der Waals surface area contributed by atoms with Gasteiger partial charge in [0.15, 0.2) is 6.61 Å². The molecule has 7 heteroatoms. The molecule has 0 bridgehead atoms. The molecule has 25 heavy (non-hydrogen) atoms. The maximum Gasteiger partial charge on any atom is 0.328 e. The number of nitrogens with zero attached hydrogens (tertiary/aromatic N) is 2. The van der Waals surface area contributed by atoms with Gasteiger partial charge in [0.05, 0.1) is 18.7 Å². The molecule has 0 aliphatic carbocycles. The number of esters is 1. The topological polar surface area (TPSA) is 89.0 Å². The predicted molar refractivity (Wildman–Crippen MR) is 90.1 cm³/mol. The second-order valence-corrected chi connectivity index (χ2v) is 6.09. The van der Waals surface area contributed by atoms with Crippen molar-refractivity contribution in [2.24, 2.45) is 0 Å².